The highest BCUT2D eigenvalue weighted by atomic mass is 32.2. The summed E-state index contributed by atoms with van der Waals surface area (Å²) in [6.45, 7) is 3.97. The number of sulfone groups is 1. The van der Waals surface area contributed by atoms with Gasteiger partial charge in [-0.15, -0.1) is 11.3 Å². The van der Waals surface area contributed by atoms with Crippen molar-refractivity contribution in [2.45, 2.75) is 38.3 Å². The van der Waals surface area contributed by atoms with Crippen molar-refractivity contribution >= 4 is 27.1 Å². The predicted octanol–water partition coefficient (Wildman–Crippen LogP) is 2.12. The fourth-order valence-corrected chi connectivity index (χ4v) is 5.27. The lowest BCUT2D eigenvalue weighted by Crippen LogP contribution is -2.47. The third kappa shape index (κ3) is 6.55. The van der Waals surface area contributed by atoms with Crippen LogP contribution in [-0.4, -0.2) is 64.5 Å². The average Bonchev–Trinajstić information content (AvgIpc) is 3.10. The predicted molar refractivity (Wildman–Crippen MR) is 111 cm³/mol. The van der Waals surface area contributed by atoms with E-state index >= 15 is 0 Å². The van der Waals surface area contributed by atoms with Crippen molar-refractivity contribution in [3.05, 3.63) is 22.4 Å². The number of piperidine rings is 1. The summed E-state index contributed by atoms with van der Waals surface area (Å²) < 4.78 is 22.7. The number of nitrogens with one attached hydrogen (secondary N) is 2. The number of nitrogens with zero attached hydrogens (tertiary/aromatic N) is 2. The van der Waals surface area contributed by atoms with Crippen LogP contribution in [0.25, 0.3) is 0 Å². The van der Waals surface area contributed by atoms with Gasteiger partial charge in [-0.2, -0.15) is 0 Å². The lowest BCUT2D eigenvalue weighted by molar-refractivity contribution is 0.125. The molecule has 1 fully saturated rings. The number of rotatable bonds is 7. The zero-order valence-electron chi connectivity index (χ0n) is 16.2. The quantitative estimate of drug-likeness (QED) is 0.542. The minimum Gasteiger partial charge on any atom is -0.356 e. The van der Waals surface area contributed by atoms with Gasteiger partial charge in [0, 0.05) is 36.8 Å². The van der Waals surface area contributed by atoms with Gasteiger partial charge in [0.05, 0.1) is 5.75 Å². The van der Waals surface area contributed by atoms with E-state index in [1.165, 1.54) is 24.0 Å². The van der Waals surface area contributed by atoms with Crippen LogP contribution in [0.3, 0.4) is 0 Å². The fourth-order valence-electron chi connectivity index (χ4n) is 3.50. The Labute approximate surface area is 162 Å². The Kier molecular flexibility index (Phi) is 7.91. The molecule has 1 aliphatic rings. The minimum absolute atomic E-state index is 0.0537. The van der Waals surface area contributed by atoms with E-state index < -0.39 is 9.84 Å². The fraction of sp³-hybridized carbons (Fsp3) is 0.722. The van der Waals surface area contributed by atoms with Gasteiger partial charge in [0.1, 0.15) is 9.84 Å². The minimum atomic E-state index is -2.93. The van der Waals surface area contributed by atoms with Crippen LogP contribution in [0.2, 0.25) is 0 Å². The molecule has 1 aromatic rings. The highest BCUT2D eigenvalue weighted by molar-refractivity contribution is 7.90. The molecular formula is C18H32N4O2S2. The number of hydrogen-bond acceptors (Lipinski definition) is 5. The van der Waals surface area contributed by atoms with E-state index in [0.29, 0.717) is 18.4 Å². The molecule has 0 aromatic carbocycles. The highest BCUT2D eigenvalue weighted by Crippen LogP contribution is 2.36. The Hall–Kier alpha value is -1.12. The average molecular weight is 401 g/mol. The highest BCUT2D eigenvalue weighted by Gasteiger charge is 2.31. The van der Waals surface area contributed by atoms with Crippen LogP contribution in [0.5, 0.6) is 0 Å². The first-order valence-electron chi connectivity index (χ1n) is 9.18. The lowest BCUT2D eigenvalue weighted by Gasteiger charge is -2.39. The maximum absolute atomic E-state index is 11.3. The summed E-state index contributed by atoms with van der Waals surface area (Å²) >= 11 is 1.82. The van der Waals surface area contributed by atoms with Crippen LogP contribution in [0.15, 0.2) is 22.5 Å². The van der Waals surface area contributed by atoms with Gasteiger partial charge in [0.25, 0.3) is 0 Å². The Morgan fingerprint density at radius 1 is 1.50 bits per heavy atom. The lowest BCUT2D eigenvalue weighted by atomic mass is 9.88. The molecule has 2 rings (SSSR count). The van der Waals surface area contributed by atoms with Crippen molar-refractivity contribution in [1.29, 1.82) is 0 Å². The third-order valence-electron chi connectivity index (χ3n) is 4.90. The van der Waals surface area contributed by atoms with E-state index in [2.05, 4.69) is 45.1 Å². The molecule has 8 heteroatoms. The van der Waals surface area contributed by atoms with Gasteiger partial charge in [-0.3, -0.25) is 9.89 Å². The molecule has 26 heavy (non-hydrogen) atoms. The van der Waals surface area contributed by atoms with E-state index in [1.54, 1.807) is 7.05 Å². The van der Waals surface area contributed by atoms with Crippen molar-refractivity contribution < 1.29 is 8.42 Å². The molecule has 0 bridgehead atoms. The SMILES string of the molecule is CN=C(NCC1CCCN(C)C1c1cccs1)NC(C)CCS(C)(=O)=O. The summed E-state index contributed by atoms with van der Waals surface area (Å²) in [5.41, 5.74) is 0. The summed E-state index contributed by atoms with van der Waals surface area (Å²) in [5.74, 6) is 1.45. The van der Waals surface area contributed by atoms with Gasteiger partial charge in [-0.25, -0.2) is 8.42 Å². The second-order valence-corrected chi connectivity index (χ2v) is 10.5. The molecule has 1 aliphatic heterocycles. The molecule has 2 heterocycles. The molecule has 1 aromatic heterocycles. The first-order chi connectivity index (χ1) is 12.3. The van der Waals surface area contributed by atoms with Gasteiger partial charge < -0.3 is 10.6 Å². The maximum atomic E-state index is 11.3. The van der Waals surface area contributed by atoms with Gasteiger partial charge in [-0.1, -0.05) is 6.07 Å². The summed E-state index contributed by atoms with van der Waals surface area (Å²) in [5, 5.41) is 8.90. The largest absolute Gasteiger partial charge is 0.356 e. The van der Waals surface area contributed by atoms with Crippen molar-refractivity contribution in [3.8, 4) is 0 Å². The van der Waals surface area contributed by atoms with Gasteiger partial charge in [0.2, 0.25) is 0 Å². The number of likely N-dealkylation sites (tertiary alicyclic amines) is 1. The van der Waals surface area contributed by atoms with E-state index in [1.807, 2.05) is 18.3 Å². The number of thiophene rings is 1. The van der Waals surface area contributed by atoms with Crippen LogP contribution >= 0.6 is 11.3 Å². The van der Waals surface area contributed by atoms with Crippen molar-refractivity contribution in [3.63, 3.8) is 0 Å². The Morgan fingerprint density at radius 3 is 2.88 bits per heavy atom. The zero-order valence-corrected chi connectivity index (χ0v) is 17.9. The topological polar surface area (TPSA) is 73.8 Å². The molecule has 0 amide bonds. The summed E-state index contributed by atoms with van der Waals surface area (Å²) in [6, 6.07) is 4.84. The molecule has 6 nitrogen and oxygen atoms in total. The molecule has 0 aliphatic carbocycles. The van der Waals surface area contributed by atoms with Crippen LogP contribution in [0.1, 0.15) is 37.1 Å². The molecular weight excluding hydrogens is 368 g/mol. The first-order valence-corrected chi connectivity index (χ1v) is 12.1. The molecule has 148 valence electrons. The normalized spacial score (nSPS) is 23.6. The molecule has 2 N–H and O–H groups in total. The monoisotopic (exact) mass is 400 g/mol. The summed E-state index contributed by atoms with van der Waals surface area (Å²) in [7, 11) is 1.02. The van der Waals surface area contributed by atoms with Crippen molar-refractivity contribution in [1.82, 2.24) is 15.5 Å². The van der Waals surface area contributed by atoms with Crippen molar-refractivity contribution in [2.75, 3.05) is 39.2 Å². The van der Waals surface area contributed by atoms with Gasteiger partial charge >= 0.3 is 0 Å². The summed E-state index contributed by atoms with van der Waals surface area (Å²) in [6.07, 6.45) is 4.25. The van der Waals surface area contributed by atoms with E-state index in [-0.39, 0.29) is 11.8 Å². The number of hydrogen-bond donors (Lipinski definition) is 2. The van der Waals surface area contributed by atoms with Gasteiger partial charge in [0.15, 0.2) is 5.96 Å². The molecule has 0 saturated carbocycles. The number of aliphatic imine (C=N–C) groups is 1. The van der Waals surface area contributed by atoms with Crippen molar-refractivity contribution in [2.24, 2.45) is 10.9 Å². The molecule has 0 radical (unpaired) electrons. The van der Waals surface area contributed by atoms with Crippen LogP contribution < -0.4 is 10.6 Å². The second-order valence-electron chi connectivity index (χ2n) is 7.26. The Bertz CT molecular complexity index is 673. The van der Waals surface area contributed by atoms with E-state index in [9.17, 15) is 8.42 Å². The molecule has 1 saturated heterocycles. The number of guanidine groups is 1. The molecule has 3 atom stereocenters. The Balaban J connectivity index is 1.90. The van der Waals surface area contributed by atoms with Crippen LogP contribution in [0, 0.1) is 5.92 Å². The molecule has 0 spiro atoms. The zero-order chi connectivity index (χ0) is 19.2. The van der Waals surface area contributed by atoms with E-state index in [4.69, 9.17) is 0 Å². The second kappa shape index (κ2) is 9.71. The maximum Gasteiger partial charge on any atom is 0.191 e. The molecule has 3 unspecified atom stereocenters. The summed E-state index contributed by atoms with van der Waals surface area (Å²) in [4.78, 5) is 8.17. The first kappa shape index (κ1) is 21.2. The standard InChI is InChI=1S/C18H32N4O2S2/c1-14(9-12-26(4,23)24)21-18(19-2)20-13-15-7-5-10-22(3)17(15)16-8-6-11-25-16/h6,8,11,14-15,17H,5,7,9-10,12-13H2,1-4H3,(H2,19,20,21). The van der Waals surface area contributed by atoms with E-state index in [0.717, 1.165) is 19.0 Å². The van der Waals surface area contributed by atoms with Gasteiger partial charge in [-0.05, 0) is 57.1 Å². The smallest absolute Gasteiger partial charge is 0.191 e. The Morgan fingerprint density at radius 2 is 2.27 bits per heavy atom. The van der Waals surface area contributed by atoms with Crippen LogP contribution in [-0.2, 0) is 9.84 Å². The van der Waals surface area contributed by atoms with Crippen LogP contribution in [0.4, 0.5) is 0 Å². The third-order valence-corrected chi connectivity index (χ3v) is 6.82.